The number of imidazole rings is 1. The van der Waals surface area contributed by atoms with Crippen LogP contribution in [-0.2, 0) is 17.8 Å². The van der Waals surface area contributed by atoms with E-state index < -0.39 is 11.6 Å². The number of aliphatic hydroxyl groups is 1. The lowest BCUT2D eigenvalue weighted by Gasteiger charge is -2.42. The molecule has 2 fully saturated rings. The number of nitrogens with zero attached hydrogens (tertiary/aromatic N) is 4. The average Bonchev–Trinajstić information content (AvgIpc) is 3.53. The second-order valence-electron chi connectivity index (χ2n) is 10.2. The van der Waals surface area contributed by atoms with E-state index >= 15 is 0 Å². The van der Waals surface area contributed by atoms with Gasteiger partial charge in [-0.1, -0.05) is 6.08 Å². The SMILES string of the molecule is C=C[C@]1(O)C[C@@H](Cn2c(-c3cc4cccnc4n3CC3CC3)nc3cc(C(=O)OC)cc(OC)c32)C1. The Labute approximate surface area is 209 Å². The summed E-state index contributed by atoms with van der Waals surface area (Å²) >= 11 is 0. The van der Waals surface area contributed by atoms with Crippen molar-refractivity contribution in [2.75, 3.05) is 14.2 Å². The maximum Gasteiger partial charge on any atom is 0.338 e. The summed E-state index contributed by atoms with van der Waals surface area (Å²) in [6.45, 7) is 5.34. The maximum atomic E-state index is 12.4. The number of esters is 1. The molecule has 36 heavy (non-hydrogen) atoms. The molecule has 1 aromatic carbocycles. The van der Waals surface area contributed by atoms with Crippen LogP contribution in [0, 0.1) is 11.8 Å². The first-order chi connectivity index (χ1) is 17.4. The molecule has 2 aliphatic carbocycles. The van der Waals surface area contributed by atoms with Crippen LogP contribution in [0.25, 0.3) is 33.6 Å². The first-order valence-electron chi connectivity index (χ1n) is 12.4. The van der Waals surface area contributed by atoms with E-state index in [-0.39, 0.29) is 5.92 Å². The number of carbonyl (C=O) groups excluding carboxylic acids is 1. The molecule has 0 bridgehead atoms. The minimum absolute atomic E-state index is 0.258. The summed E-state index contributed by atoms with van der Waals surface area (Å²) in [6.07, 6.45) is 7.20. The Morgan fingerprint density at radius 1 is 1.19 bits per heavy atom. The molecule has 3 aromatic heterocycles. The number of methoxy groups -OCH3 is 2. The van der Waals surface area contributed by atoms with Gasteiger partial charge >= 0.3 is 5.97 Å². The largest absolute Gasteiger partial charge is 0.494 e. The molecular formula is C28H30N4O4. The normalized spacial score (nSPS) is 21.5. The molecule has 0 atom stereocenters. The first kappa shape index (κ1) is 22.8. The minimum Gasteiger partial charge on any atom is -0.494 e. The van der Waals surface area contributed by atoms with Gasteiger partial charge in [-0.15, -0.1) is 6.58 Å². The molecule has 0 spiro atoms. The van der Waals surface area contributed by atoms with Gasteiger partial charge in [-0.05, 0) is 67.9 Å². The van der Waals surface area contributed by atoms with E-state index in [1.807, 2.05) is 12.3 Å². The molecule has 0 aliphatic heterocycles. The summed E-state index contributed by atoms with van der Waals surface area (Å²) in [5, 5.41) is 11.6. The van der Waals surface area contributed by atoms with Crippen molar-refractivity contribution in [3.05, 3.63) is 54.7 Å². The molecule has 8 nitrogen and oxygen atoms in total. The Hall–Kier alpha value is -3.65. The van der Waals surface area contributed by atoms with Crippen LogP contribution in [0.3, 0.4) is 0 Å². The third-order valence-corrected chi connectivity index (χ3v) is 7.58. The molecule has 4 aromatic rings. The highest BCUT2D eigenvalue weighted by atomic mass is 16.5. The molecule has 1 N–H and O–H groups in total. The third-order valence-electron chi connectivity index (χ3n) is 7.58. The van der Waals surface area contributed by atoms with Crippen molar-refractivity contribution in [2.24, 2.45) is 11.8 Å². The number of rotatable bonds is 8. The topological polar surface area (TPSA) is 91.4 Å². The molecular weight excluding hydrogens is 456 g/mol. The van der Waals surface area contributed by atoms with Gasteiger partial charge in [-0.3, -0.25) is 0 Å². The van der Waals surface area contributed by atoms with Gasteiger partial charge in [-0.25, -0.2) is 14.8 Å². The Morgan fingerprint density at radius 2 is 1.97 bits per heavy atom. The minimum atomic E-state index is -0.811. The predicted molar refractivity (Wildman–Crippen MR) is 137 cm³/mol. The molecule has 8 heteroatoms. The van der Waals surface area contributed by atoms with E-state index in [4.69, 9.17) is 14.5 Å². The van der Waals surface area contributed by atoms with Crippen molar-refractivity contribution < 1.29 is 19.4 Å². The molecule has 2 saturated carbocycles. The Balaban J connectivity index is 1.56. The van der Waals surface area contributed by atoms with Crippen molar-refractivity contribution >= 4 is 28.0 Å². The fourth-order valence-electron chi connectivity index (χ4n) is 5.50. The second-order valence-corrected chi connectivity index (χ2v) is 10.2. The van der Waals surface area contributed by atoms with Gasteiger partial charge in [0.25, 0.3) is 0 Å². The molecule has 0 unspecified atom stereocenters. The highest BCUT2D eigenvalue weighted by molar-refractivity contribution is 5.97. The monoisotopic (exact) mass is 486 g/mol. The van der Waals surface area contributed by atoms with Crippen LogP contribution in [0.4, 0.5) is 0 Å². The van der Waals surface area contributed by atoms with E-state index in [9.17, 15) is 9.90 Å². The zero-order valence-electron chi connectivity index (χ0n) is 20.6. The quantitative estimate of drug-likeness (QED) is 0.289. The number of carbonyl (C=O) groups is 1. The van der Waals surface area contributed by atoms with Crippen LogP contribution < -0.4 is 4.74 Å². The van der Waals surface area contributed by atoms with Gasteiger partial charge < -0.3 is 23.7 Å². The lowest BCUT2D eigenvalue weighted by Crippen LogP contribution is -2.43. The fraction of sp³-hybridized carbons (Fsp3) is 0.393. The summed E-state index contributed by atoms with van der Waals surface area (Å²) < 4.78 is 15.2. The van der Waals surface area contributed by atoms with Crippen LogP contribution in [0.2, 0.25) is 0 Å². The second kappa shape index (κ2) is 8.48. The lowest BCUT2D eigenvalue weighted by molar-refractivity contribution is -0.0355. The summed E-state index contributed by atoms with van der Waals surface area (Å²) in [5.41, 5.74) is 3.01. The Morgan fingerprint density at radius 3 is 2.67 bits per heavy atom. The van der Waals surface area contributed by atoms with Crippen molar-refractivity contribution in [3.8, 4) is 17.3 Å². The molecule has 6 rings (SSSR count). The zero-order valence-corrected chi connectivity index (χ0v) is 20.6. The summed E-state index contributed by atoms with van der Waals surface area (Å²) in [6, 6.07) is 9.65. The van der Waals surface area contributed by atoms with Crippen LogP contribution in [0.5, 0.6) is 5.75 Å². The molecule has 2 aliphatic rings. The first-order valence-corrected chi connectivity index (χ1v) is 12.4. The van der Waals surface area contributed by atoms with Crippen LogP contribution in [-0.4, -0.2) is 50.0 Å². The van der Waals surface area contributed by atoms with E-state index in [0.717, 1.165) is 34.6 Å². The smallest absolute Gasteiger partial charge is 0.338 e. The highest BCUT2D eigenvalue weighted by Gasteiger charge is 2.41. The van der Waals surface area contributed by atoms with Crippen molar-refractivity contribution in [3.63, 3.8) is 0 Å². The Bertz CT molecular complexity index is 1490. The standard InChI is InChI=1S/C28H30N4O4/c1-4-28(34)13-18(14-28)16-32-24-21(10-20(27(33)36-3)12-23(24)35-2)30-26(32)22-11-19-6-5-9-29-25(19)31(22)15-17-7-8-17/h4-6,9-12,17-18,34H,1,7-8,13-16H2,2-3H3/t18-,28+. The third kappa shape index (κ3) is 3.76. The number of benzene rings is 1. The van der Waals surface area contributed by atoms with Gasteiger partial charge in [-0.2, -0.15) is 0 Å². The predicted octanol–water partition coefficient (Wildman–Crippen LogP) is 4.59. The maximum absolute atomic E-state index is 12.4. The number of pyridine rings is 1. The molecule has 3 heterocycles. The molecule has 0 radical (unpaired) electrons. The van der Waals surface area contributed by atoms with Crippen LogP contribution in [0.15, 0.2) is 49.2 Å². The van der Waals surface area contributed by atoms with Crippen molar-refractivity contribution in [1.29, 1.82) is 0 Å². The number of hydrogen-bond donors (Lipinski definition) is 1. The van der Waals surface area contributed by atoms with Crippen LogP contribution >= 0.6 is 0 Å². The van der Waals surface area contributed by atoms with Crippen molar-refractivity contribution in [2.45, 2.75) is 44.4 Å². The molecule has 186 valence electrons. The van der Waals surface area contributed by atoms with Crippen LogP contribution in [0.1, 0.15) is 36.0 Å². The zero-order chi connectivity index (χ0) is 25.0. The van der Waals surface area contributed by atoms with E-state index in [0.29, 0.717) is 42.1 Å². The summed E-state index contributed by atoms with van der Waals surface area (Å²) in [5.74, 6) is 1.83. The van der Waals surface area contributed by atoms with E-state index in [1.54, 1.807) is 25.3 Å². The number of hydrogen-bond acceptors (Lipinski definition) is 6. The van der Waals surface area contributed by atoms with Gasteiger partial charge in [0.15, 0.2) is 5.82 Å². The fourth-order valence-corrected chi connectivity index (χ4v) is 5.50. The summed E-state index contributed by atoms with van der Waals surface area (Å²) in [4.78, 5) is 22.1. The van der Waals surface area contributed by atoms with Gasteiger partial charge in [0.1, 0.15) is 16.9 Å². The molecule has 0 amide bonds. The number of ether oxygens (including phenoxy) is 2. The Kier molecular flexibility index (Phi) is 5.37. The van der Waals surface area contributed by atoms with Gasteiger partial charge in [0, 0.05) is 24.7 Å². The van der Waals surface area contributed by atoms with Gasteiger partial charge in [0.05, 0.1) is 36.6 Å². The summed E-state index contributed by atoms with van der Waals surface area (Å²) in [7, 11) is 2.96. The average molecular weight is 487 g/mol. The number of fused-ring (bicyclic) bond motifs is 2. The van der Waals surface area contributed by atoms with Crippen molar-refractivity contribution in [1.82, 2.24) is 19.1 Å². The number of aromatic nitrogens is 4. The highest BCUT2D eigenvalue weighted by Crippen LogP contribution is 2.43. The van der Waals surface area contributed by atoms with Gasteiger partial charge in [0.2, 0.25) is 0 Å². The lowest BCUT2D eigenvalue weighted by atomic mass is 9.71. The van der Waals surface area contributed by atoms with E-state index in [2.05, 4.69) is 32.8 Å². The molecule has 0 saturated heterocycles. The van der Waals surface area contributed by atoms with E-state index in [1.165, 1.54) is 20.0 Å².